The zero-order valence-electron chi connectivity index (χ0n) is 14.4. The molecule has 0 spiro atoms. The van der Waals surface area contributed by atoms with Gasteiger partial charge in [0.05, 0.1) is 17.3 Å². The maximum absolute atomic E-state index is 12.5. The van der Waals surface area contributed by atoms with Crippen molar-refractivity contribution in [1.82, 2.24) is 5.01 Å². The number of fused-ring (bicyclic) bond motifs is 1. The van der Waals surface area contributed by atoms with E-state index in [1.165, 1.54) is 5.01 Å². The van der Waals surface area contributed by atoms with Gasteiger partial charge in [0.1, 0.15) is 5.58 Å². The maximum atomic E-state index is 12.5. The van der Waals surface area contributed by atoms with Crippen molar-refractivity contribution < 1.29 is 9.21 Å². The Morgan fingerprint density at radius 3 is 2.65 bits per heavy atom. The lowest BCUT2D eigenvalue weighted by Crippen LogP contribution is -2.26. The fourth-order valence-electron chi connectivity index (χ4n) is 3.26. The summed E-state index contributed by atoms with van der Waals surface area (Å²) < 4.78 is 5.43. The first-order valence-electron chi connectivity index (χ1n) is 8.65. The van der Waals surface area contributed by atoms with Crippen molar-refractivity contribution in [1.29, 1.82) is 0 Å². The molecule has 0 aliphatic carbocycles. The highest BCUT2D eigenvalue weighted by Crippen LogP contribution is 2.32. The number of carbonyl (C=O) groups excluding carboxylic acids is 1. The smallest absolute Gasteiger partial charge is 0.345 e. The topological polar surface area (TPSA) is 62.9 Å². The van der Waals surface area contributed by atoms with Crippen LogP contribution in [0, 0.1) is 0 Å². The van der Waals surface area contributed by atoms with Gasteiger partial charge < -0.3 is 4.42 Å². The van der Waals surface area contributed by atoms with Crippen molar-refractivity contribution >= 4 is 22.6 Å². The van der Waals surface area contributed by atoms with E-state index < -0.39 is 5.63 Å². The minimum atomic E-state index is -0.431. The van der Waals surface area contributed by atoms with Crippen LogP contribution in [0.25, 0.3) is 11.0 Å². The van der Waals surface area contributed by atoms with Gasteiger partial charge in [0.25, 0.3) is 0 Å². The van der Waals surface area contributed by atoms with E-state index in [2.05, 4.69) is 5.10 Å². The molecule has 0 unspecified atom stereocenters. The maximum Gasteiger partial charge on any atom is 0.345 e. The minimum absolute atomic E-state index is 0.0703. The highest BCUT2D eigenvalue weighted by molar-refractivity contribution is 6.04. The molecule has 2 heterocycles. The molecule has 1 atom stereocenters. The van der Waals surface area contributed by atoms with Gasteiger partial charge in [-0.2, -0.15) is 5.10 Å². The van der Waals surface area contributed by atoms with E-state index in [9.17, 15) is 9.59 Å². The number of rotatable bonds is 3. The van der Waals surface area contributed by atoms with Crippen LogP contribution in [-0.4, -0.2) is 16.6 Å². The summed E-state index contributed by atoms with van der Waals surface area (Å²) in [6.45, 7) is 1.81. The van der Waals surface area contributed by atoms with Gasteiger partial charge in [-0.15, -0.1) is 0 Å². The largest absolute Gasteiger partial charge is 0.422 e. The molecule has 5 heteroatoms. The third kappa shape index (κ3) is 2.81. The van der Waals surface area contributed by atoms with Gasteiger partial charge in [-0.1, -0.05) is 55.5 Å². The Hall–Kier alpha value is -3.21. The summed E-state index contributed by atoms with van der Waals surface area (Å²) in [5.41, 5.74) is 2.11. The molecular formula is C21H18N2O3. The van der Waals surface area contributed by atoms with E-state index in [0.717, 1.165) is 10.9 Å². The van der Waals surface area contributed by atoms with E-state index >= 15 is 0 Å². The van der Waals surface area contributed by atoms with Crippen LogP contribution in [0.15, 0.2) is 75.0 Å². The van der Waals surface area contributed by atoms with Crippen LogP contribution in [0.5, 0.6) is 0 Å². The quantitative estimate of drug-likeness (QED) is 0.676. The third-order valence-corrected chi connectivity index (χ3v) is 4.61. The molecule has 1 amide bonds. The first-order chi connectivity index (χ1) is 12.7. The summed E-state index contributed by atoms with van der Waals surface area (Å²) in [6, 6.07) is 18.7. The lowest BCUT2D eigenvalue weighted by Gasteiger charge is -2.21. The number of hydrogen-bond acceptors (Lipinski definition) is 4. The SMILES string of the molecule is CCC(=O)N1N=C(c2cc3ccccc3oc2=O)C[C@H]1c1ccccc1. The number of benzene rings is 2. The number of amides is 1. The average molecular weight is 346 g/mol. The van der Waals surface area contributed by atoms with Crippen LogP contribution in [0.1, 0.15) is 36.9 Å². The minimum Gasteiger partial charge on any atom is -0.422 e. The van der Waals surface area contributed by atoms with Crippen molar-refractivity contribution in [2.75, 3.05) is 0 Å². The van der Waals surface area contributed by atoms with Crippen molar-refractivity contribution in [3.8, 4) is 0 Å². The molecule has 1 aliphatic heterocycles. The monoisotopic (exact) mass is 346 g/mol. The van der Waals surface area contributed by atoms with E-state index in [-0.39, 0.29) is 11.9 Å². The van der Waals surface area contributed by atoms with E-state index in [0.29, 0.717) is 29.7 Å². The normalized spacial score (nSPS) is 16.7. The van der Waals surface area contributed by atoms with Crippen LogP contribution in [0.3, 0.4) is 0 Å². The van der Waals surface area contributed by atoms with E-state index in [4.69, 9.17) is 4.42 Å². The van der Waals surface area contributed by atoms with Gasteiger partial charge in [0, 0.05) is 18.2 Å². The van der Waals surface area contributed by atoms with Gasteiger partial charge in [0.15, 0.2) is 0 Å². The van der Waals surface area contributed by atoms with Gasteiger partial charge in [-0.3, -0.25) is 4.79 Å². The molecule has 130 valence electrons. The molecule has 0 saturated carbocycles. The lowest BCUT2D eigenvalue weighted by atomic mass is 9.98. The van der Waals surface area contributed by atoms with Crippen molar-refractivity contribution in [2.24, 2.45) is 5.10 Å². The highest BCUT2D eigenvalue weighted by atomic mass is 16.4. The average Bonchev–Trinajstić information content (AvgIpc) is 3.12. The number of para-hydroxylation sites is 1. The first-order valence-corrected chi connectivity index (χ1v) is 8.65. The molecule has 4 rings (SSSR count). The van der Waals surface area contributed by atoms with Crippen molar-refractivity contribution in [3.63, 3.8) is 0 Å². The van der Waals surface area contributed by atoms with Gasteiger partial charge in [-0.25, -0.2) is 9.80 Å². The van der Waals surface area contributed by atoms with E-state index in [1.54, 1.807) is 12.1 Å². The highest BCUT2D eigenvalue weighted by Gasteiger charge is 2.33. The van der Waals surface area contributed by atoms with Crippen LogP contribution in [0.2, 0.25) is 0 Å². The second-order valence-corrected chi connectivity index (χ2v) is 6.25. The molecular weight excluding hydrogens is 328 g/mol. The summed E-state index contributed by atoms with van der Waals surface area (Å²) in [4.78, 5) is 24.8. The molecule has 5 nitrogen and oxygen atoms in total. The summed E-state index contributed by atoms with van der Waals surface area (Å²) in [7, 11) is 0. The standard InChI is InChI=1S/C21H18N2O3/c1-2-20(24)23-18(14-8-4-3-5-9-14)13-17(22-23)16-12-15-10-6-7-11-19(15)26-21(16)25/h3-12,18H,2,13H2,1H3/t18-/m0/s1. The Morgan fingerprint density at radius 2 is 1.88 bits per heavy atom. The molecule has 3 aromatic rings. The first kappa shape index (κ1) is 16.3. The number of hydrogen-bond donors (Lipinski definition) is 0. The molecule has 0 bridgehead atoms. The number of carbonyl (C=O) groups is 1. The zero-order chi connectivity index (χ0) is 18.1. The summed E-state index contributed by atoms with van der Waals surface area (Å²) >= 11 is 0. The van der Waals surface area contributed by atoms with Crippen LogP contribution in [-0.2, 0) is 4.79 Å². The lowest BCUT2D eigenvalue weighted by molar-refractivity contribution is -0.132. The van der Waals surface area contributed by atoms with Crippen molar-refractivity contribution in [2.45, 2.75) is 25.8 Å². The summed E-state index contributed by atoms with van der Waals surface area (Å²) in [5.74, 6) is -0.0703. The van der Waals surface area contributed by atoms with Gasteiger partial charge in [0.2, 0.25) is 5.91 Å². The molecule has 0 saturated heterocycles. The zero-order valence-corrected chi connectivity index (χ0v) is 14.4. The van der Waals surface area contributed by atoms with E-state index in [1.807, 2.05) is 55.5 Å². The van der Waals surface area contributed by atoms with Gasteiger partial charge >= 0.3 is 5.63 Å². The van der Waals surface area contributed by atoms with Crippen LogP contribution >= 0.6 is 0 Å². The van der Waals surface area contributed by atoms with Crippen molar-refractivity contribution in [3.05, 3.63) is 82.2 Å². The Kier molecular flexibility index (Phi) is 4.13. The molecule has 0 fully saturated rings. The molecule has 0 radical (unpaired) electrons. The third-order valence-electron chi connectivity index (χ3n) is 4.61. The Morgan fingerprint density at radius 1 is 1.15 bits per heavy atom. The van der Waals surface area contributed by atoms with Crippen LogP contribution < -0.4 is 5.63 Å². The fraction of sp³-hybridized carbons (Fsp3) is 0.190. The molecule has 26 heavy (non-hydrogen) atoms. The van der Waals surface area contributed by atoms with Crippen LogP contribution in [0.4, 0.5) is 0 Å². The molecule has 1 aliphatic rings. The summed E-state index contributed by atoms with van der Waals surface area (Å²) in [5, 5.41) is 6.83. The Labute approximate surface area is 150 Å². The summed E-state index contributed by atoms with van der Waals surface area (Å²) in [6.07, 6.45) is 0.839. The number of hydrazone groups is 1. The molecule has 0 N–H and O–H groups in total. The fourth-order valence-corrected chi connectivity index (χ4v) is 3.26. The molecule has 1 aromatic heterocycles. The Bertz CT molecular complexity index is 1050. The second-order valence-electron chi connectivity index (χ2n) is 6.25. The Balaban J connectivity index is 1.78. The molecule has 2 aromatic carbocycles. The number of nitrogens with zero attached hydrogens (tertiary/aromatic N) is 2. The predicted molar refractivity (Wildman–Crippen MR) is 100.0 cm³/mol. The predicted octanol–water partition coefficient (Wildman–Crippen LogP) is 3.88. The second kappa shape index (κ2) is 6.59. The van der Waals surface area contributed by atoms with Gasteiger partial charge in [-0.05, 0) is 17.7 Å².